The van der Waals surface area contributed by atoms with Crippen molar-refractivity contribution in [3.8, 4) is 11.5 Å². The Kier molecular flexibility index (Phi) is 4.13. The number of aromatic nitrogens is 2. The predicted octanol–water partition coefficient (Wildman–Crippen LogP) is 1.34. The zero-order valence-electron chi connectivity index (χ0n) is 14.0. The molecule has 24 heavy (non-hydrogen) atoms. The summed E-state index contributed by atoms with van der Waals surface area (Å²) in [4.78, 5) is 9.98. The molecule has 4 rings (SSSR count). The Hall–Kier alpha value is -2.09. The van der Waals surface area contributed by atoms with Crippen LogP contribution in [0.15, 0.2) is 24.4 Å². The van der Waals surface area contributed by atoms with E-state index in [2.05, 4.69) is 44.9 Å². The second-order valence-electron chi connectivity index (χ2n) is 6.59. The maximum Gasteiger partial charge on any atom is 0.231 e. The molecule has 3 heterocycles. The summed E-state index contributed by atoms with van der Waals surface area (Å²) in [7, 11) is 2.13. The van der Waals surface area contributed by atoms with Crippen LogP contribution in [-0.4, -0.2) is 41.8 Å². The third-order valence-electron chi connectivity index (χ3n) is 4.57. The highest BCUT2D eigenvalue weighted by molar-refractivity contribution is 5.45. The average Bonchev–Trinajstić information content (AvgIpc) is 3.27. The Morgan fingerprint density at radius 3 is 3.00 bits per heavy atom. The molecule has 3 N–H and O–H groups in total. The van der Waals surface area contributed by atoms with Gasteiger partial charge in [0, 0.05) is 30.9 Å². The molecule has 128 valence electrons. The molecule has 2 unspecified atom stereocenters. The molecule has 0 saturated carbocycles. The Labute approximate surface area is 141 Å². The van der Waals surface area contributed by atoms with Crippen molar-refractivity contribution >= 4 is 0 Å². The maximum absolute atomic E-state index is 5.50. The first-order chi connectivity index (χ1) is 11.7. The number of rotatable bonds is 5. The van der Waals surface area contributed by atoms with Crippen LogP contribution in [0.1, 0.15) is 23.1 Å². The van der Waals surface area contributed by atoms with Gasteiger partial charge in [-0.3, -0.25) is 10.3 Å². The zero-order chi connectivity index (χ0) is 16.5. The van der Waals surface area contributed by atoms with Crippen molar-refractivity contribution in [2.75, 3.05) is 26.9 Å². The lowest BCUT2D eigenvalue weighted by atomic mass is 9.94. The fourth-order valence-corrected chi connectivity index (χ4v) is 3.44. The largest absolute Gasteiger partial charge is 0.454 e. The first kappa shape index (κ1) is 15.4. The van der Waals surface area contributed by atoms with Crippen molar-refractivity contribution < 1.29 is 9.47 Å². The van der Waals surface area contributed by atoms with Gasteiger partial charge < -0.3 is 14.5 Å². The van der Waals surface area contributed by atoms with E-state index < -0.39 is 0 Å². The molecule has 1 fully saturated rings. The quantitative estimate of drug-likeness (QED) is 0.769. The average molecular weight is 329 g/mol. The van der Waals surface area contributed by atoms with Gasteiger partial charge in [0.25, 0.3) is 0 Å². The molecule has 2 aliphatic rings. The second-order valence-corrected chi connectivity index (χ2v) is 6.59. The summed E-state index contributed by atoms with van der Waals surface area (Å²) in [5.74, 6) is 3.13. The molecule has 2 atom stereocenters. The van der Waals surface area contributed by atoms with Crippen molar-refractivity contribution in [3.63, 3.8) is 0 Å². The van der Waals surface area contributed by atoms with Gasteiger partial charge >= 0.3 is 0 Å². The Balaban J connectivity index is 1.43. The molecule has 2 aliphatic heterocycles. The van der Waals surface area contributed by atoms with E-state index in [1.165, 1.54) is 5.56 Å². The van der Waals surface area contributed by atoms with Crippen molar-refractivity contribution in [2.24, 2.45) is 5.92 Å². The number of aromatic amines is 1. The zero-order valence-corrected chi connectivity index (χ0v) is 14.0. The third kappa shape index (κ3) is 3.10. The number of fused-ring (bicyclic) bond motifs is 1. The number of nitrogens with one attached hydrogen (secondary N) is 3. The van der Waals surface area contributed by atoms with E-state index in [0.29, 0.717) is 12.7 Å². The highest BCUT2D eigenvalue weighted by atomic mass is 16.7. The summed E-state index contributed by atoms with van der Waals surface area (Å²) in [6.45, 7) is 5.05. The Morgan fingerprint density at radius 1 is 1.29 bits per heavy atom. The van der Waals surface area contributed by atoms with Crippen LogP contribution in [0.5, 0.6) is 11.5 Å². The number of aryl methyl sites for hydroxylation is 1. The van der Waals surface area contributed by atoms with Crippen LogP contribution in [0.3, 0.4) is 0 Å². The van der Waals surface area contributed by atoms with Crippen LogP contribution in [-0.2, 0) is 6.54 Å². The van der Waals surface area contributed by atoms with E-state index >= 15 is 0 Å². The number of nitrogens with zero attached hydrogens (tertiary/aromatic N) is 2. The minimum absolute atomic E-state index is 0.250. The van der Waals surface area contributed by atoms with E-state index in [9.17, 15) is 0 Å². The van der Waals surface area contributed by atoms with Crippen LogP contribution in [0, 0.1) is 12.8 Å². The predicted molar refractivity (Wildman–Crippen MR) is 89.6 cm³/mol. The van der Waals surface area contributed by atoms with E-state index in [0.717, 1.165) is 42.7 Å². The Morgan fingerprint density at radius 2 is 2.17 bits per heavy atom. The molecule has 7 nitrogen and oxygen atoms in total. The molecule has 0 amide bonds. The molecule has 0 spiro atoms. The lowest BCUT2D eigenvalue weighted by Crippen LogP contribution is -2.30. The SMILES string of the molecule is Cc1cnc(CN(C)CC2CNNC2c2ccc3c(c2)OCO3)[nH]1. The summed E-state index contributed by atoms with van der Waals surface area (Å²) < 4.78 is 10.9. The summed E-state index contributed by atoms with van der Waals surface area (Å²) in [5.41, 5.74) is 9.00. The van der Waals surface area contributed by atoms with Gasteiger partial charge in [-0.2, -0.15) is 0 Å². The first-order valence-electron chi connectivity index (χ1n) is 8.26. The normalized spacial score (nSPS) is 22.5. The van der Waals surface area contributed by atoms with Gasteiger partial charge in [-0.15, -0.1) is 0 Å². The van der Waals surface area contributed by atoms with Crippen LogP contribution in [0.2, 0.25) is 0 Å². The van der Waals surface area contributed by atoms with Gasteiger partial charge in [-0.05, 0) is 31.7 Å². The van der Waals surface area contributed by atoms with Crippen LogP contribution < -0.4 is 20.3 Å². The van der Waals surface area contributed by atoms with E-state index in [-0.39, 0.29) is 6.04 Å². The highest BCUT2D eigenvalue weighted by Gasteiger charge is 2.30. The minimum atomic E-state index is 0.250. The molecule has 1 aromatic heterocycles. The fourth-order valence-electron chi connectivity index (χ4n) is 3.44. The number of hydrazine groups is 1. The molecule has 1 saturated heterocycles. The van der Waals surface area contributed by atoms with Crippen LogP contribution in [0.4, 0.5) is 0 Å². The molecule has 0 radical (unpaired) electrons. The number of imidazole rings is 1. The molecule has 7 heteroatoms. The van der Waals surface area contributed by atoms with Crippen molar-refractivity contribution in [1.82, 2.24) is 25.7 Å². The summed E-state index contributed by atoms with van der Waals surface area (Å²) >= 11 is 0. The van der Waals surface area contributed by atoms with E-state index in [1.54, 1.807) is 0 Å². The lowest BCUT2D eigenvalue weighted by molar-refractivity contribution is 0.174. The van der Waals surface area contributed by atoms with Crippen LogP contribution >= 0.6 is 0 Å². The standard InChI is InChI=1S/C17H23N5O2/c1-11-6-18-16(20-11)9-22(2)8-13-7-19-21-17(13)12-3-4-14-15(5-12)24-10-23-14/h3-6,13,17,19,21H,7-10H2,1-2H3,(H,18,20). The van der Waals surface area contributed by atoms with Gasteiger partial charge in [0.2, 0.25) is 6.79 Å². The second kappa shape index (κ2) is 6.43. The number of hydrogen-bond donors (Lipinski definition) is 3. The third-order valence-corrected chi connectivity index (χ3v) is 4.57. The fraction of sp³-hybridized carbons (Fsp3) is 0.471. The number of H-pyrrole nitrogens is 1. The molecule has 0 aliphatic carbocycles. The summed E-state index contributed by atoms with van der Waals surface area (Å²) in [6.07, 6.45) is 1.87. The van der Waals surface area contributed by atoms with Crippen LogP contribution in [0.25, 0.3) is 0 Å². The van der Waals surface area contributed by atoms with E-state index in [1.807, 2.05) is 19.2 Å². The topological polar surface area (TPSA) is 74.4 Å². The van der Waals surface area contributed by atoms with Gasteiger partial charge in [0.05, 0.1) is 12.6 Å². The Bertz CT molecular complexity index is 717. The number of benzene rings is 1. The lowest BCUT2D eigenvalue weighted by Gasteiger charge is -2.24. The molecule has 0 bridgehead atoms. The molecule has 1 aromatic carbocycles. The molecule has 2 aromatic rings. The molecular formula is C17H23N5O2. The van der Waals surface area contributed by atoms with Gasteiger partial charge in [-0.1, -0.05) is 6.07 Å². The maximum atomic E-state index is 5.50. The number of ether oxygens (including phenoxy) is 2. The first-order valence-corrected chi connectivity index (χ1v) is 8.26. The monoisotopic (exact) mass is 329 g/mol. The summed E-state index contributed by atoms with van der Waals surface area (Å²) in [6, 6.07) is 6.43. The molecular weight excluding hydrogens is 306 g/mol. The van der Waals surface area contributed by atoms with Crippen molar-refractivity contribution in [2.45, 2.75) is 19.5 Å². The van der Waals surface area contributed by atoms with E-state index in [4.69, 9.17) is 9.47 Å². The van der Waals surface area contributed by atoms with Gasteiger partial charge in [0.1, 0.15) is 5.82 Å². The smallest absolute Gasteiger partial charge is 0.231 e. The highest BCUT2D eigenvalue weighted by Crippen LogP contribution is 2.36. The van der Waals surface area contributed by atoms with Crippen molar-refractivity contribution in [3.05, 3.63) is 41.5 Å². The van der Waals surface area contributed by atoms with Gasteiger partial charge in [0.15, 0.2) is 11.5 Å². The summed E-state index contributed by atoms with van der Waals surface area (Å²) in [5, 5.41) is 0. The number of hydrogen-bond acceptors (Lipinski definition) is 6. The van der Waals surface area contributed by atoms with Crippen molar-refractivity contribution in [1.29, 1.82) is 0 Å². The minimum Gasteiger partial charge on any atom is -0.454 e. The van der Waals surface area contributed by atoms with Gasteiger partial charge in [-0.25, -0.2) is 10.4 Å².